The summed E-state index contributed by atoms with van der Waals surface area (Å²) >= 11 is 6.83. The molecule has 0 fully saturated rings. The molecule has 6 nitrogen and oxygen atoms in total. The minimum atomic E-state index is -0.505. The monoisotopic (exact) mass is 664 g/mol. The van der Waals surface area contributed by atoms with Crippen LogP contribution in [0.1, 0.15) is 81.5 Å². The van der Waals surface area contributed by atoms with Crippen LogP contribution in [0.3, 0.4) is 0 Å². The van der Waals surface area contributed by atoms with Crippen molar-refractivity contribution in [3.8, 4) is 5.75 Å². The van der Waals surface area contributed by atoms with E-state index in [4.69, 9.17) is 16.3 Å². The number of nitrogens with one attached hydrogen (secondary N) is 1. The summed E-state index contributed by atoms with van der Waals surface area (Å²) in [4.78, 5) is 43.4. The molecular weight excluding hydrogens is 620 g/mol. The first-order chi connectivity index (χ1) is 22.7. The van der Waals surface area contributed by atoms with Crippen LogP contribution in [0.4, 0.5) is 5.69 Å². The lowest BCUT2D eigenvalue weighted by Crippen LogP contribution is -2.45. The van der Waals surface area contributed by atoms with E-state index in [9.17, 15) is 14.4 Å². The van der Waals surface area contributed by atoms with Crippen LogP contribution in [0.5, 0.6) is 5.75 Å². The summed E-state index contributed by atoms with van der Waals surface area (Å²) in [5, 5.41) is 3.24. The summed E-state index contributed by atoms with van der Waals surface area (Å²) in [5.74, 6) is -0.261. The molecule has 7 heteroatoms. The number of ether oxygens (including phenoxy) is 1. The molecule has 6 rings (SSSR count). The lowest BCUT2D eigenvalue weighted by atomic mass is 9.63. The number of anilines is 1. The van der Waals surface area contributed by atoms with Crippen molar-refractivity contribution in [2.75, 3.05) is 18.5 Å². The molecule has 2 aliphatic carbocycles. The highest BCUT2D eigenvalue weighted by atomic mass is 35.5. The molecule has 1 N–H and O–H groups in total. The smallest absolute Gasteiger partial charge is 0.262 e. The van der Waals surface area contributed by atoms with Crippen LogP contribution in [-0.4, -0.2) is 35.5 Å². The van der Waals surface area contributed by atoms with Gasteiger partial charge in [0.1, 0.15) is 5.75 Å². The molecule has 0 saturated carbocycles. The molecule has 0 atom stereocenters. The quantitative estimate of drug-likeness (QED) is 0.260. The van der Waals surface area contributed by atoms with E-state index in [2.05, 4.69) is 50.0 Å². The first-order valence-electron chi connectivity index (χ1n) is 16.8. The predicted molar refractivity (Wildman–Crippen MR) is 191 cm³/mol. The normalized spacial score (nSPS) is 18.9. The number of aryl methyl sites for hydroxylation is 2. The van der Waals surface area contributed by atoms with E-state index >= 15 is 0 Å². The van der Waals surface area contributed by atoms with Gasteiger partial charge in [0.25, 0.3) is 5.91 Å². The third-order valence-corrected chi connectivity index (χ3v) is 10.1. The molecule has 0 saturated heterocycles. The van der Waals surface area contributed by atoms with E-state index in [1.165, 1.54) is 5.56 Å². The molecule has 250 valence electrons. The van der Waals surface area contributed by atoms with Gasteiger partial charge in [0.2, 0.25) is 0 Å². The Kier molecular flexibility index (Phi) is 9.16. The topological polar surface area (TPSA) is 75.7 Å². The van der Waals surface area contributed by atoms with Crippen molar-refractivity contribution in [2.45, 2.75) is 79.6 Å². The van der Waals surface area contributed by atoms with Gasteiger partial charge in [0.15, 0.2) is 18.2 Å². The number of carbonyl (C=O) groups is 3. The van der Waals surface area contributed by atoms with Gasteiger partial charge in [-0.2, -0.15) is 0 Å². The van der Waals surface area contributed by atoms with Crippen LogP contribution >= 0.6 is 11.6 Å². The molecule has 3 aromatic rings. The molecule has 0 spiro atoms. The molecule has 1 heterocycles. The Labute approximate surface area is 289 Å². The van der Waals surface area contributed by atoms with Crippen LogP contribution in [0.15, 0.2) is 89.3 Å². The standard InChI is InChI=1S/C41H45ClN2O4/c1-25-12-13-26(2)30(18-25)43-36(47)24-48-35-15-14-28(19-29(35)42)37-38-31(20-40(3,4)22-33(38)45)44(17-16-27-10-8-7-9-11-27)32-21-41(5,6)23-34(46)39(32)37/h7-15,18-19,37H,16-17,20-24H2,1-6H3,(H,43,47). The van der Waals surface area contributed by atoms with Gasteiger partial charge in [-0.15, -0.1) is 0 Å². The minimum absolute atomic E-state index is 0.0831. The molecule has 1 aliphatic heterocycles. The lowest BCUT2D eigenvalue weighted by molar-refractivity contribution is -0.120. The highest BCUT2D eigenvalue weighted by Crippen LogP contribution is 2.54. The number of rotatable bonds is 8. The Morgan fingerprint density at radius 2 is 1.48 bits per heavy atom. The van der Waals surface area contributed by atoms with Gasteiger partial charge < -0.3 is 15.0 Å². The summed E-state index contributed by atoms with van der Waals surface area (Å²) in [6.45, 7) is 13.0. The van der Waals surface area contributed by atoms with Gasteiger partial charge in [-0.05, 0) is 84.4 Å². The average molecular weight is 665 g/mol. The summed E-state index contributed by atoms with van der Waals surface area (Å²) in [5.41, 5.74) is 7.84. The van der Waals surface area contributed by atoms with Crippen molar-refractivity contribution >= 4 is 34.8 Å². The second kappa shape index (κ2) is 13.0. The van der Waals surface area contributed by atoms with Gasteiger partial charge in [-0.3, -0.25) is 14.4 Å². The minimum Gasteiger partial charge on any atom is -0.482 e. The average Bonchev–Trinajstić information content (AvgIpc) is 3.00. The Balaban J connectivity index is 1.35. The third kappa shape index (κ3) is 7.00. The fraction of sp³-hybridized carbons (Fsp3) is 0.390. The Bertz CT molecular complexity index is 1800. The van der Waals surface area contributed by atoms with Crippen molar-refractivity contribution in [3.63, 3.8) is 0 Å². The van der Waals surface area contributed by atoms with E-state index in [1.54, 1.807) is 12.1 Å². The Morgan fingerprint density at radius 3 is 2.08 bits per heavy atom. The first-order valence-corrected chi connectivity index (χ1v) is 17.2. The van der Waals surface area contributed by atoms with Crippen LogP contribution in [0.2, 0.25) is 5.02 Å². The molecule has 0 bridgehead atoms. The highest BCUT2D eigenvalue weighted by molar-refractivity contribution is 6.32. The third-order valence-electron chi connectivity index (χ3n) is 9.80. The molecule has 3 aromatic carbocycles. The van der Waals surface area contributed by atoms with Crippen molar-refractivity contribution < 1.29 is 19.1 Å². The zero-order valence-corrected chi connectivity index (χ0v) is 29.6. The molecule has 1 amide bonds. The van der Waals surface area contributed by atoms with Crippen LogP contribution in [0, 0.1) is 24.7 Å². The number of amides is 1. The van der Waals surface area contributed by atoms with Crippen molar-refractivity contribution in [1.82, 2.24) is 4.90 Å². The Hall–Kier alpha value is -4.16. The molecule has 48 heavy (non-hydrogen) atoms. The zero-order chi connectivity index (χ0) is 34.4. The van der Waals surface area contributed by atoms with Crippen LogP contribution in [0.25, 0.3) is 0 Å². The Morgan fingerprint density at radius 1 is 0.854 bits per heavy atom. The molecule has 0 radical (unpaired) electrons. The highest BCUT2D eigenvalue weighted by Gasteiger charge is 2.49. The number of hydrogen-bond donors (Lipinski definition) is 1. The van der Waals surface area contributed by atoms with Gasteiger partial charge in [-0.25, -0.2) is 0 Å². The number of carbonyl (C=O) groups excluding carboxylic acids is 3. The molecule has 0 unspecified atom stereocenters. The summed E-state index contributed by atoms with van der Waals surface area (Å²) < 4.78 is 5.87. The summed E-state index contributed by atoms with van der Waals surface area (Å²) in [7, 11) is 0. The maximum absolute atomic E-state index is 14.2. The second-order valence-electron chi connectivity index (χ2n) is 15.3. The number of benzene rings is 3. The number of ketones is 2. The van der Waals surface area contributed by atoms with E-state index in [0.717, 1.165) is 53.0 Å². The molecular formula is C41H45ClN2O4. The summed E-state index contributed by atoms with van der Waals surface area (Å²) in [6.07, 6.45) is 3.13. The van der Waals surface area contributed by atoms with E-state index in [-0.39, 0.29) is 34.9 Å². The number of Topliss-reactive ketones (excluding diaryl/α,β-unsaturated/α-hetero) is 2. The van der Waals surface area contributed by atoms with Gasteiger partial charge in [0.05, 0.1) is 5.02 Å². The largest absolute Gasteiger partial charge is 0.482 e. The van der Waals surface area contributed by atoms with E-state index in [1.807, 2.05) is 56.3 Å². The van der Waals surface area contributed by atoms with Crippen LogP contribution < -0.4 is 10.1 Å². The maximum atomic E-state index is 14.2. The summed E-state index contributed by atoms with van der Waals surface area (Å²) in [6, 6.07) is 21.7. The van der Waals surface area contributed by atoms with Crippen molar-refractivity contribution in [3.05, 3.63) is 117 Å². The fourth-order valence-corrected chi connectivity index (χ4v) is 7.79. The number of hydrogen-bond acceptors (Lipinski definition) is 5. The van der Waals surface area contributed by atoms with E-state index in [0.29, 0.717) is 41.3 Å². The van der Waals surface area contributed by atoms with Gasteiger partial charge >= 0.3 is 0 Å². The second-order valence-corrected chi connectivity index (χ2v) is 15.7. The van der Waals surface area contributed by atoms with E-state index < -0.39 is 5.92 Å². The predicted octanol–water partition coefficient (Wildman–Crippen LogP) is 8.90. The zero-order valence-electron chi connectivity index (χ0n) is 28.8. The number of allylic oxidation sites excluding steroid dienone is 4. The van der Waals surface area contributed by atoms with Crippen molar-refractivity contribution in [2.24, 2.45) is 10.8 Å². The number of halogens is 1. The van der Waals surface area contributed by atoms with Gasteiger partial charge in [-0.1, -0.05) is 87.8 Å². The fourth-order valence-electron chi connectivity index (χ4n) is 7.55. The maximum Gasteiger partial charge on any atom is 0.262 e. The van der Waals surface area contributed by atoms with Gasteiger partial charge in [0, 0.05) is 53.5 Å². The van der Waals surface area contributed by atoms with Crippen molar-refractivity contribution in [1.29, 1.82) is 0 Å². The first kappa shape index (κ1) is 33.7. The molecule has 0 aromatic heterocycles. The SMILES string of the molecule is Cc1ccc(C)c(NC(=O)COc2ccc(C3C4=C(CC(C)(C)CC4=O)N(CCc4ccccc4)C4=C3C(=O)CC(C)(C)C4)cc2Cl)c1. The van der Waals surface area contributed by atoms with Crippen LogP contribution in [-0.2, 0) is 20.8 Å². The lowest BCUT2D eigenvalue weighted by Gasteiger charge is -2.49. The number of nitrogens with zero attached hydrogens (tertiary/aromatic N) is 1. The molecule has 3 aliphatic rings.